The molecule has 1 aliphatic carbocycles. The van der Waals surface area contributed by atoms with E-state index in [4.69, 9.17) is 0 Å². The minimum atomic E-state index is -4.76. The van der Waals surface area contributed by atoms with Crippen LogP contribution in [0.1, 0.15) is 44.2 Å². The molecular weight excluding hydrogens is 321 g/mol. The molecule has 0 amide bonds. The average molecular weight is 340 g/mol. The van der Waals surface area contributed by atoms with Gasteiger partial charge >= 0.3 is 6.36 Å². The van der Waals surface area contributed by atoms with Gasteiger partial charge in [-0.05, 0) is 30.9 Å². The molecule has 1 aliphatic rings. The van der Waals surface area contributed by atoms with Gasteiger partial charge in [-0.3, -0.25) is 0 Å². The highest BCUT2D eigenvalue weighted by atomic mass is 19.4. The van der Waals surface area contributed by atoms with Gasteiger partial charge in [-0.25, -0.2) is 9.97 Å². The minimum Gasteiger partial charge on any atom is -0.492 e. The van der Waals surface area contributed by atoms with Gasteiger partial charge in [0.15, 0.2) is 0 Å². The number of hydrogen-bond acceptors (Lipinski definition) is 4. The highest BCUT2D eigenvalue weighted by Crippen LogP contribution is 2.34. The fraction of sp³-hybridized carbons (Fsp3) is 0.529. The molecule has 1 N–H and O–H groups in total. The number of unbranched alkanes of at least 4 members (excludes halogenated alkanes) is 2. The maximum Gasteiger partial charge on any atom is 0.573 e. The quantitative estimate of drug-likeness (QED) is 0.739. The van der Waals surface area contributed by atoms with Crippen molar-refractivity contribution < 1.29 is 23.0 Å². The summed E-state index contributed by atoms with van der Waals surface area (Å²) < 4.78 is 40.5. The number of aryl methyl sites for hydroxylation is 1. The van der Waals surface area contributed by atoms with Crippen molar-refractivity contribution in [2.45, 2.75) is 51.3 Å². The van der Waals surface area contributed by atoms with Crippen LogP contribution in [0.4, 0.5) is 13.2 Å². The molecule has 0 atom stereocenters. The van der Waals surface area contributed by atoms with E-state index in [-0.39, 0.29) is 17.1 Å². The van der Waals surface area contributed by atoms with E-state index in [1.54, 1.807) is 0 Å². The van der Waals surface area contributed by atoms with Gasteiger partial charge in [0, 0.05) is 6.07 Å². The summed E-state index contributed by atoms with van der Waals surface area (Å²) >= 11 is 0. The molecular formula is C17H19F3N2O2. The van der Waals surface area contributed by atoms with Crippen LogP contribution in [0.25, 0.3) is 11.0 Å². The van der Waals surface area contributed by atoms with Gasteiger partial charge in [0.1, 0.15) is 11.4 Å². The normalized spacial score (nSPS) is 15.0. The molecule has 0 saturated heterocycles. The maximum atomic E-state index is 12.2. The lowest BCUT2D eigenvalue weighted by Gasteiger charge is -2.10. The maximum absolute atomic E-state index is 12.2. The Hall–Kier alpha value is -2.05. The van der Waals surface area contributed by atoms with E-state index in [2.05, 4.69) is 14.7 Å². The van der Waals surface area contributed by atoms with E-state index < -0.39 is 6.36 Å². The van der Waals surface area contributed by atoms with Gasteiger partial charge in [-0.1, -0.05) is 32.1 Å². The van der Waals surface area contributed by atoms with Crippen LogP contribution in [0, 0.1) is 5.92 Å². The number of aromatic nitrogens is 2. The van der Waals surface area contributed by atoms with Crippen LogP contribution < -0.4 is 4.74 Å². The summed E-state index contributed by atoms with van der Waals surface area (Å²) in [5.41, 5.74) is 1.10. The molecule has 1 aromatic carbocycles. The van der Waals surface area contributed by atoms with Crippen molar-refractivity contribution in [1.82, 2.24) is 9.97 Å². The Morgan fingerprint density at radius 3 is 2.58 bits per heavy atom. The first-order valence-corrected chi connectivity index (χ1v) is 8.16. The summed E-state index contributed by atoms with van der Waals surface area (Å²) in [6.45, 7) is 0. The zero-order valence-electron chi connectivity index (χ0n) is 13.1. The van der Waals surface area contributed by atoms with Crippen LogP contribution in [0.2, 0.25) is 0 Å². The Kier molecular flexibility index (Phi) is 4.78. The Morgan fingerprint density at radius 2 is 1.88 bits per heavy atom. The predicted molar refractivity (Wildman–Crippen MR) is 82.8 cm³/mol. The van der Waals surface area contributed by atoms with Crippen LogP contribution >= 0.6 is 0 Å². The summed E-state index contributed by atoms with van der Waals surface area (Å²) in [6.07, 6.45) is 3.02. The van der Waals surface area contributed by atoms with Crippen molar-refractivity contribution in [3.05, 3.63) is 23.9 Å². The zero-order chi connectivity index (χ0) is 17.2. The largest absolute Gasteiger partial charge is 0.573 e. The second-order valence-electron chi connectivity index (χ2n) is 6.23. The first kappa shape index (κ1) is 16.8. The summed E-state index contributed by atoms with van der Waals surface area (Å²) in [6, 6.07) is 3.73. The van der Waals surface area contributed by atoms with Gasteiger partial charge in [-0.2, -0.15) is 0 Å². The Morgan fingerprint density at radius 1 is 1.08 bits per heavy atom. The molecule has 0 radical (unpaired) electrons. The molecule has 0 aliphatic heterocycles. The topological polar surface area (TPSA) is 55.2 Å². The third kappa shape index (κ3) is 4.72. The van der Waals surface area contributed by atoms with E-state index >= 15 is 0 Å². The standard InChI is InChI=1S/C17H19F3N2O2/c18-17(19,20)24-12-8-9-13-15(10-12)22-16(23)14(21-13)5-3-1-2-4-11-6-7-11/h8-11H,1-7H2,(H,22,23). The second-order valence-corrected chi connectivity index (χ2v) is 6.23. The molecule has 24 heavy (non-hydrogen) atoms. The molecule has 1 fully saturated rings. The molecule has 1 saturated carbocycles. The summed E-state index contributed by atoms with van der Waals surface area (Å²) in [4.78, 5) is 8.26. The first-order chi connectivity index (χ1) is 11.4. The van der Waals surface area contributed by atoms with Crippen LogP contribution in [-0.4, -0.2) is 21.4 Å². The number of aromatic hydroxyl groups is 1. The lowest BCUT2D eigenvalue weighted by molar-refractivity contribution is -0.274. The van der Waals surface area contributed by atoms with Crippen LogP contribution in [0.15, 0.2) is 18.2 Å². The number of benzene rings is 1. The van der Waals surface area contributed by atoms with E-state index in [0.29, 0.717) is 17.6 Å². The molecule has 1 aromatic heterocycles. The highest BCUT2D eigenvalue weighted by Gasteiger charge is 2.31. The van der Waals surface area contributed by atoms with Crippen molar-refractivity contribution in [3.8, 4) is 11.6 Å². The SMILES string of the molecule is Oc1nc2cc(OC(F)(F)F)ccc2nc1CCCCCC1CC1. The predicted octanol–water partition coefficient (Wildman–Crippen LogP) is 4.75. The third-order valence-electron chi connectivity index (χ3n) is 4.14. The van der Waals surface area contributed by atoms with E-state index in [0.717, 1.165) is 24.8 Å². The monoisotopic (exact) mass is 340 g/mol. The fourth-order valence-corrected chi connectivity index (χ4v) is 2.73. The number of fused-ring (bicyclic) bond motifs is 1. The van der Waals surface area contributed by atoms with Gasteiger partial charge in [0.05, 0.1) is 11.0 Å². The van der Waals surface area contributed by atoms with Crippen molar-refractivity contribution >= 4 is 11.0 Å². The summed E-state index contributed by atoms with van der Waals surface area (Å²) in [7, 11) is 0. The number of alkyl halides is 3. The number of halogens is 3. The van der Waals surface area contributed by atoms with Crippen LogP contribution in [-0.2, 0) is 6.42 Å². The van der Waals surface area contributed by atoms with Crippen molar-refractivity contribution in [1.29, 1.82) is 0 Å². The summed E-state index contributed by atoms with van der Waals surface area (Å²) in [5, 5.41) is 9.95. The molecule has 3 rings (SSSR count). The van der Waals surface area contributed by atoms with Crippen LogP contribution in [0.3, 0.4) is 0 Å². The lowest BCUT2D eigenvalue weighted by atomic mass is 10.1. The van der Waals surface area contributed by atoms with E-state index in [1.807, 2.05) is 0 Å². The molecule has 0 unspecified atom stereocenters. The Balaban J connectivity index is 1.64. The molecule has 2 aromatic rings. The first-order valence-electron chi connectivity index (χ1n) is 8.16. The number of hydrogen-bond donors (Lipinski definition) is 1. The molecule has 0 bridgehead atoms. The number of rotatable bonds is 7. The van der Waals surface area contributed by atoms with E-state index in [9.17, 15) is 18.3 Å². The molecule has 4 nitrogen and oxygen atoms in total. The van der Waals surface area contributed by atoms with E-state index in [1.165, 1.54) is 37.8 Å². The fourth-order valence-electron chi connectivity index (χ4n) is 2.73. The molecule has 130 valence electrons. The number of ether oxygens (including phenoxy) is 1. The lowest BCUT2D eigenvalue weighted by Crippen LogP contribution is -2.17. The van der Waals surface area contributed by atoms with Gasteiger partial charge in [-0.15, -0.1) is 13.2 Å². The Bertz CT molecular complexity index is 715. The number of nitrogens with zero attached hydrogens (tertiary/aromatic N) is 2. The van der Waals surface area contributed by atoms with Crippen molar-refractivity contribution in [2.24, 2.45) is 5.92 Å². The average Bonchev–Trinajstić information content (AvgIpc) is 3.30. The van der Waals surface area contributed by atoms with Crippen LogP contribution in [0.5, 0.6) is 11.6 Å². The second kappa shape index (κ2) is 6.83. The smallest absolute Gasteiger partial charge is 0.492 e. The van der Waals surface area contributed by atoms with Gasteiger partial charge < -0.3 is 9.84 Å². The van der Waals surface area contributed by atoms with Crippen molar-refractivity contribution in [3.63, 3.8) is 0 Å². The molecule has 7 heteroatoms. The molecule has 0 spiro atoms. The van der Waals surface area contributed by atoms with Gasteiger partial charge in [0.25, 0.3) is 0 Å². The molecule has 1 heterocycles. The van der Waals surface area contributed by atoms with Crippen molar-refractivity contribution in [2.75, 3.05) is 0 Å². The third-order valence-corrected chi connectivity index (χ3v) is 4.14. The zero-order valence-corrected chi connectivity index (χ0v) is 13.1. The summed E-state index contributed by atoms with van der Waals surface area (Å²) in [5.74, 6) is 0.317. The van der Waals surface area contributed by atoms with Gasteiger partial charge in [0.2, 0.25) is 5.88 Å². The Labute approximate surface area is 137 Å². The minimum absolute atomic E-state index is 0.173. The highest BCUT2D eigenvalue weighted by molar-refractivity contribution is 5.76.